The number of nitrogens with one attached hydrogen (secondary N) is 1. The van der Waals surface area contributed by atoms with E-state index in [1.807, 2.05) is 6.92 Å². The zero-order valence-corrected chi connectivity index (χ0v) is 17.0. The minimum atomic E-state index is -0.538. The first-order valence-corrected chi connectivity index (χ1v) is 9.69. The second-order valence-corrected chi connectivity index (χ2v) is 7.59. The van der Waals surface area contributed by atoms with E-state index in [0.29, 0.717) is 41.3 Å². The lowest BCUT2D eigenvalue weighted by molar-refractivity contribution is 0.0691. The lowest BCUT2D eigenvalue weighted by Crippen LogP contribution is -2.34. The Kier molecular flexibility index (Phi) is 4.80. The number of pyridine rings is 2. The molecule has 0 aromatic carbocycles. The van der Waals surface area contributed by atoms with Crippen LogP contribution < -0.4 is 5.73 Å². The molecule has 146 valence electrons. The number of nitrogens with zero attached hydrogens (tertiary/aromatic N) is 3. The van der Waals surface area contributed by atoms with Gasteiger partial charge in [0.2, 0.25) is 0 Å². The summed E-state index contributed by atoms with van der Waals surface area (Å²) >= 11 is 3.20. The number of nitrogen functional groups attached to an aromatic ring is 1. The summed E-state index contributed by atoms with van der Waals surface area (Å²) in [6.07, 6.45) is 1.52. The number of H-pyrrole nitrogens is 1. The molecule has 1 aliphatic rings. The molecule has 0 aliphatic carbocycles. The van der Waals surface area contributed by atoms with E-state index in [1.54, 1.807) is 17.9 Å². The van der Waals surface area contributed by atoms with Gasteiger partial charge in [-0.3, -0.25) is 9.78 Å². The molecule has 0 bridgehead atoms. The minimum absolute atomic E-state index is 0.214. The van der Waals surface area contributed by atoms with Crippen LogP contribution in [0.25, 0.3) is 11.0 Å². The Morgan fingerprint density at radius 3 is 2.89 bits per heavy atom. The Morgan fingerprint density at radius 1 is 1.43 bits per heavy atom. The first-order valence-electron chi connectivity index (χ1n) is 8.90. The van der Waals surface area contributed by atoms with Gasteiger partial charge in [0.25, 0.3) is 5.91 Å². The third-order valence-electron chi connectivity index (χ3n) is 5.04. The first kappa shape index (κ1) is 18.8. The van der Waals surface area contributed by atoms with Gasteiger partial charge in [0, 0.05) is 28.3 Å². The largest absolute Gasteiger partial charge is 0.383 e. The summed E-state index contributed by atoms with van der Waals surface area (Å²) in [5, 5.41) is 0. The van der Waals surface area contributed by atoms with Crippen LogP contribution >= 0.6 is 15.9 Å². The number of rotatable bonds is 4. The van der Waals surface area contributed by atoms with Crippen molar-refractivity contribution in [2.75, 3.05) is 12.3 Å². The highest BCUT2D eigenvalue weighted by molar-refractivity contribution is 9.10. The fourth-order valence-electron chi connectivity index (χ4n) is 3.58. The number of aromatic amines is 1. The molecule has 7 nitrogen and oxygen atoms in total. The lowest BCUT2D eigenvalue weighted by atomic mass is 10.1. The van der Waals surface area contributed by atoms with Crippen LogP contribution in [0, 0.1) is 5.82 Å². The summed E-state index contributed by atoms with van der Waals surface area (Å²) in [4.78, 5) is 26.4. The van der Waals surface area contributed by atoms with Gasteiger partial charge in [-0.05, 0) is 41.9 Å². The van der Waals surface area contributed by atoms with Crippen LogP contribution in [0.4, 0.5) is 10.2 Å². The quantitative estimate of drug-likeness (QED) is 0.635. The Bertz CT molecular complexity index is 1080. The van der Waals surface area contributed by atoms with Crippen molar-refractivity contribution < 1.29 is 13.9 Å². The molecular formula is C19H19BrFN5O2. The summed E-state index contributed by atoms with van der Waals surface area (Å²) in [6, 6.07) is 2.48. The van der Waals surface area contributed by atoms with Gasteiger partial charge in [-0.15, -0.1) is 0 Å². The van der Waals surface area contributed by atoms with Crippen LogP contribution in [0.1, 0.15) is 47.2 Å². The lowest BCUT2D eigenvalue weighted by Gasteiger charge is -2.27. The zero-order chi connectivity index (χ0) is 20.0. The number of carbonyl (C=O) groups is 1. The van der Waals surface area contributed by atoms with Gasteiger partial charge >= 0.3 is 0 Å². The van der Waals surface area contributed by atoms with E-state index < -0.39 is 11.9 Å². The second kappa shape index (κ2) is 7.14. The van der Waals surface area contributed by atoms with Gasteiger partial charge in [0.1, 0.15) is 17.3 Å². The van der Waals surface area contributed by atoms with Gasteiger partial charge in [0.05, 0.1) is 36.0 Å². The standard InChI is InChI=1S/C19H19BrFN5O2/c1-3-26(9(2)16-13(21)4-10(20)6-23-16)19(27)15-5-14-17(24-15)11-7-28-8-12(11)18(22)25-14/h4-6,9,24H,3,7-8H2,1-2H3,(H2,22,25)/t9-/m1/s1. The Balaban J connectivity index is 1.71. The number of carbonyl (C=O) groups excluding carboxylic acids is 1. The molecule has 3 aromatic heterocycles. The summed E-state index contributed by atoms with van der Waals surface area (Å²) in [5.41, 5.74) is 9.74. The third-order valence-corrected chi connectivity index (χ3v) is 5.47. The van der Waals surface area contributed by atoms with Gasteiger partial charge in [-0.1, -0.05) is 0 Å². The Hall–Kier alpha value is -2.52. The summed E-state index contributed by atoms with van der Waals surface area (Å²) in [6.45, 7) is 4.83. The van der Waals surface area contributed by atoms with Crippen molar-refractivity contribution in [2.24, 2.45) is 0 Å². The molecule has 0 spiro atoms. The van der Waals surface area contributed by atoms with Crippen molar-refractivity contribution in [3.8, 4) is 0 Å². The average molecular weight is 448 g/mol. The van der Waals surface area contributed by atoms with Crippen molar-refractivity contribution in [3.05, 3.63) is 51.1 Å². The summed E-state index contributed by atoms with van der Waals surface area (Å²) in [7, 11) is 0. The van der Waals surface area contributed by atoms with E-state index in [4.69, 9.17) is 10.5 Å². The van der Waals surface area contributed by atoms with E-state index in [9.17, 15) is 9.18 Å². The molecule has 1 atom stereocenters. The summed E-state index contributed by atoms with van der Waals surface area (Å²) < 4.78 is 20.4. The van der Waals surface area contributed by atoms with Crippen molar-refractivity contribution in [3.63, 3.8) is 0 Å². The van der Waals surface area contributed by atoms with Crippen LogP contribution in [0.5, 0.6) is 0 Å². The van der Waals surface area contributed by atoms with E-state index in [0.717, 1.165) is 16.6 Å². The van der Waals surface area contributed by atoms with Crippen LogP contribution in [0.2, 0.25) is 0 Å². The molecule has 9 heteroatoms. The van der Waals surface area contributed by atoms with Crippen molar-refractivity contribution in [1.29, 1.82) is 0 Å². The molecule has 1 amide bonds. The number of fused-ring (bicyclic) bond motifs is 3. The number of halogens is 2. The number of hydrogen-bond acceptors (Lipinski definition) is 5. The SMILES string of the molecule is CCN(C(=O)c1cc2nc(N)c3c(c2[nH]1)COC3)[C@H](C)c1ncc(Br)cc1F. The van der Waals surface area contributed by atoms with Gasteiger partial charge < -0.3 is 20.4 Å². The van der Waals surface area contributed by atoms with E-state index in [-0.39, 0.29) is 11.6 Å². The number of anilines is 1. The van der Waals surface area contributed by atoms with Gasteiger partial charge in [-0.2, -0.15) is 0 Å². The van der Waals surface area contributed by atoms with Crippen molar-refractivity contribution >= 4 is 38.7 Å². The fourth-order valence-corrected chi connectivity index (χ4v) is 3.89. The second-order valence-electron chi connectivity index (χ2n) is 6.68. The predicted molar refractivity (Wildman–Crippen MR) is 106 cm³/mol. The molecule has 0 radical (unpaired) electrons. The number of aromatic nitrogens is 3. The molecular weight excluding hydrogens is 429 g/mol. The maximum Gasteiger partial charge on any atom is 0.270 e. The highest BCUT2D eigenvalue weighted by Gasteiger charge is 2.27. The Morgan fingerprint density at radius 2 is 2.18 bits per heavy atom. The van der Waals surface area contributed by atoms with Crippen molar-refractivity contribution in [2.45, 2.75) is 33.1 Å². The van der Waals surface area contributed by atoms with Crippen LogP contribution in [0.15, 0.2) is 22.8 Å². The molecule has 3 N–H and O–H groups in total. The third kappa shape index (κ3) is 3.04. The monoisotopic (exact) mass is 447 g/mol. The number of hydrogen-bond donors (Lipinski definition) is 2. The molecule has 0 fully saturated rings. The summed E-state index contributed by atoms with van der Waals surface area (Å²) in [5.74, 6) is -0.308. The predicted octanol–water partition coefficient (Wildman–Crippen LogP) is 3.70. The highest BCUT2D eigenvalue weighted by Crippen LogP contribution is 2.32. The number of nitrogens with two attached hydrogens (primary N) is 1. The number of ether oxygens (including phenoxy) is 1. The molecule has 3 aromatic rings. The molecule has 0 saturated heterocycles. The van der Waals surface area contributed by atoms with Crippen molar-refractivity contribution in [1.82, 2.24) is 19.9 Å². The van der Waals surface area contributed by atoms with Gasteiger partial charge in [0.15, 0.2) is 0 Å². The highest BCUT2D eigenvalue weighted by atomic mass is 79.9. The number of amides is 1. The van der Waals surface area contributed by atoms with Crippen LogP contribution in [-0.4, -0.2) is 32.3 Å². The molecule has 4 rings (SSSR count). The first-order chi connectivity index (χ1) is 13.4. The maximum atomic E-state index is 14.3. The van der Waals surface area contributed by atoms with Crippen LogP contribution in [-0.2, 0) is 18.0 Å². The minimum Gasteiger partial charge on any atom is -0.383 e. The van der Waals surface area contributed by atoms with Crippen LogP contribution in [0.3, 0.4) is 0 Å². The van der Waals surface area contributed by atoms with Gasteiger partial charge in [-0.25, -0.2) is 9.37 Å². The van der Waals surface area contributed by atoms with E-state index >= 15 is 0 Å². The van der Waals surface area contributed by atoms with E-state index in [1.165, 1.54) is 12.3 Å². The maximum absolute atomic E-state index is 14.3. The average Bonchev–Trinajstić information content (AvgIpc) is 3.28. The van der Waals surface area contributed by atoms with E-state index in [2.05, 4.69) is 30.9 Å². The fraction of sp³-hybridized carbons (Fsp3) is 0.316. The molecule has 0 saturated carbocycles. The molecule has 0 unspecified atom stereocenters. The topological polar surface area (TPSA) is 97.1 Å². The smallest absolute Gasteiger partial charge is 0.270 e. The zero-order valence-electron chi connectivity index (χ0n) is 15.4. The molecule has 1 aliphatic heterocycles. The molecule has 4 heterocycles. The Labute approximate surface area is 169 Å². The normalized spacial score (nSPS) is 14.3. The molecule has 28 heavy (non-hydrogen) atoms.